The van der Waals surface area contributed by atoms with E-state index in [-0.39, 0.29) is 5.91 Å². The Bertz CT molecular complexity index is 779. The highest BCUT2D eigenvalue weighted by Crippen LogP contribution is 2.23. The summed E-state index contributed by atoms with van der Waals surface area (Å²) in [5, 5.41) is 12.1. The fraction of sp³-hybridized carbons (Fsp3) is 0.364. The van der Waals surface area contributed by atoms with E-state index in [0.29, 0.717) is 19.6 Å². The second-order valence-electron chi connectivity index (χ2n) is 7.04. The molecule has 2 rings (SSSR count). The minimum atomic E-state index is -0.871. The third-order valence-corrected chi connectivity index (χ3v) is 4.57. The van der Waals surface area contributed by atoms with Crippen LogP contribution in [-0.2, 0) is 16.1 Å². The summed E-state index contributed by atoms with van der Waals surface area (Å²) in [7, 11) is 0. The molecule has 2 aromatic rings. The second kappa shape index (κ2) is 9.33. The SMILES string of the molecule is CC(=O)NCCN(Cc1ccc(-c2cc(C)cc(C)c2)cc1)C(C)C(=O)O. The maximum Gasteiger partial charge on any atom is 0.320 e. The van der Waals surface area contributed by atoms with Crippen LogP contribution in [-0.4, -0.2) is 41.0 Å². The normalized spacial score (nSPS) is 12.0. The Kier molecular flexibility index (Phi) is 7.13. The average molecular weight is 368 g/mol. The largest absolute Gasteiger partial charge is 0.480 e. The Morgan fingerprint density at radius 1 is 1.04 bits per heavy atom. The number of nitrogens with zero attached hydrogens (tertiary/aromatic N) is 1. The highest BCUT2D eigenvalue weighted by molar-refractivity contribution is 5.73. The summed E-state index contributed by atoms with van der Waals surface area (Å²) in [5.41, 5.74) is 5.82. The van der Waals surface area contributed by atoms with E-state index in [4.69, 9.17) is 0 Å². The zero-order chi connectivity index (χ0) is 20.0. The van der Waals surface area contributed by atoms with Crippen LogP contribution in [0.15, 0.2) is 42.5 Å². The molecule has 1 unspecified atom stereocenters. The minimum Gasteiger partial charge on any atom is -0.480 e. The molecule has 2 aromatic carbocycles. The highest BCUT2D eigenvalue weighted by atomic mass is 16.4. The third kappa shape index (κ3) is 6.22. The molecule has 0 saturated heterocycles. The van der Waals surface area contributed by atoms with Crippen LogP contribution in [0.1, 0.15) is 30.5 Å². The third-order valence-electron chi connectivity index (χ3n) is 4.57. The molecule has 1 amide bonds. The molecule has 5 heteroatoms. The molecular weight excluding hydrogens is 340 g/mol. The fourth-order valence-electron chi connectivity index (χ4n) is 3.12. The van der Waals surface area contributed by atoms with Crippen molar-refractivity contribution in [2.24, 2.45) is 0 Å². The van der Waals surface area contributed by atoms with Gasteiger partial charge in [-0.2, -0.15) is 0 Å². The van der Waals surface area contributed by atoms with Gasteiger partial charge in [0.15, 0.2) is 0 Å². The molecule has 0 aliphatic heterocycles. The number of carboxylic acid groups (broad SMARTS) is 1. The van der Waals surface area contributed by atoms with E-state index in [0.717, 1.165) is 11.1 Å². The first kappa shape index (κ1) is 20.6. The van der Waals surface area contributed by atoms with Crippen molar-refractivity contribution in [2.45, 2.75) is 40.3 Å². The van der Waals surface area contributed by atoms with Crippen molar-refractivity contribution in [1.29, 1.82) is 0 Å². The Balaban J connectivity index is 2.12. The monoisotopic (exact) mass is 368 g/mol. The first-order chi connectivity index (χ1) is 12.8. The van der Waals surface area contributed by atoms with Crippen molar-refractivity contribution in [2.75, 3.05) is 13.1 Å². The van der Waals surface area contributed by atoms with E-state index >= 15 is 0 Å². The lowest BCUT2D eigenvalue weighted by Crippen LogP contribution is -2.42. The van der Waals surface area contributed by atoms with Crippen molar-refractivity contribution in [3.8, 4) is 11.1 Å². The Morgan fingerprint density at radius 3 is 2.15 bits per heavy atom. The molecule has 0 spiro atoms. The second-order valence-corrected chi connectivity index (χ2v) is 7.04. The first-order valence-electron chi connectivity index (χ1n) is 9.15. The topological polar surface area (TPSA) is 69.6 Å². The number of rotatable bonds is 8. The molecule has 0 aliphatic carbocycles. The zero-order valence-electron chi connectivity index (χ0n) is 16.5. The number of benzene rings is 2. The van der Waals surface area contributed by atoms with Crippen molar-refractivity contribution >= 4 is 11.9 Å². The van der Waals surface area contributed by atoms with Crippen molar-refractivity contribution in [3.63, 3.8) is 0 Å². The molecule has 0 aromatic heterocycles. The number of aliphatic carboxylic acids is 1. The van der Waals surface area contributed by atoms with Gasteiger partial charge in [-0.25, -0.2) is 0 Å². The van der Waals surface area contributed by atoms with E-state index in [1.807, 2.05) is 17.0 Å². The molecule has 0 bridgehead atoms. The summed E-state index contributed by atoms with van der Waals surface area (Å²) in [5.74, 6) is -0.986. The smallest absolute Gasteiger partial charge is 0.320 e. The van der Waals surface area contributed by atoms with Crippen LogP contribution in [0.2, 0.25) is 0 Å². The number of nitrogens with one attached hydrogen (secondary N) is 1. The molecule has 5 nitrogen and oxygen atoms in total. The first-order valence-corrected chi connectivity index (χ1v) is 9.15. The van der Waals surface area contributed by atoms with Crippen molar-refractivity contribution < 1.29 is 14.7 Å². The molecule has 0 heterocycles. The molecule has 2 N–H and O–H groups in total. The molecule has 1 atom stereocenters. The van der Waals surface area contributed by atoms with Crippen LogP contribution < -0.4 is 5.32 Å². The van der Waals surface area contributed by atoms with Crippen LogP contribution in [0.25, 0.3) is 11.1 Å². The summed E-state index contributed by atoms with van der Waals surface area (Å²) < 4.78 is 0. The summed E-state index contributed by atoms with van der Waals surface area (Å²) in [6.45, 7) is 8.71. The van der Waals surface area contributed by atoms with Crippen LogP contribution in [0, 0.1) is 13.8 Å². The summed E-state index contributed by atoms with van der Waals surface area (Å²) in [6.07, 6.45) is 0. The van der Waals surface area contributed by atoms with Crippen molar-refractivity contribution in [3.05, 3.63) is 59.2 Å². The minimum absolute atomic E-state index is 0.115. The molecule has 27 heavy (non-hydrogen) atoms. The van der Waals surface area contributed by atoms with E-state index in [1.54, 1.807) is 6.92 Å². The molecular formula is C22H28N2O3. The molecule has 0 aliphatic rings. The number of carbonyl (C=O) groups excluding carboxylic acids is 1. The highest BCUT2D eigenvalue weighted by Gasteiger charge is 2.20. The van der Waals surface area contributed by atoms with Crippen molar-refractivity contribution in [1.82, 2.24) is 10.2 Å². The van der Waals surface area contributed by atoms with Crippen LogP contribution in [0.4, 0.5) is 0 Å². The number of aryl methyl sites for hydroxylation is 2. The lowest BCUT2D eigenvalue weighted by molar-refractivity contribution is -0.142. The maximum atomic E-state index is 11.4. The number of amides is 1. The number of carboxylic acids is 1. The Labute approximate surface area is 161 Å². The van der Waals surface area contributed by atoms with E-state index in [2.05, 4.69) is 49.5 Å². The maximum absolute atomic E-state index is 11.4. The van der Waals surface area contributed by atoms with Crippen LogP contribution in [0.5, 0.6) is 0 Å². The summed E-state index contributed by atoms with van der Waals surface area (Å²) >= 11 is 0. The van der Waals surface area contributed by atoms with E-state index < -0.39 is 12.0 Å². The van der Waals surface area contributed by atoms with Gasteiger partial charge in [0.1, 0.15) is 6.04 Å². The Hall–Kier alpha value is -2.66. The van der Waals surface area contributed by atoms with E-state index in [1.165, 1.54) is 23.6 Å². The van der Waals surface area contributed by atoms with Gasteiger partial charge >= 0.3 is 5.97 Å². The van der Waals surface area contributed by atoms with Gasteiger partial charge in [-0.15, -0.1) is 0 Å². The molecule has 0 fully saturated rings. The molecule has 0 saturated carbocycles. The number of hydrogen-bond acceptors (Lipinski definition) is 3. The van der Waals surface area contributed by atoms with Crippen LogP contribution in [0.3, 0.4) is 0 Å². The van der Waals surface area contributed by atoms with Crippen LogP contribution >= 0.6 is 0 Å². The van der Waals surface area contributed by atoms with Gasteiger partial charge in [0.05, 0.1) is 0 Å². The predicted octanol–water partition coefficient (Wildman–Crippen LogP) is 3.38. The predicted molar refractivity (Wildman–Crippen MR) is 108 cm³/mol. The summed E-state index contributed by atoms with van der Waals surface area (Å²) in [6, 6.07) is 14.1. The zero-order valence-corrected chi connectivity index (χ0v) is 16.5. The van der Waals surface area contributed by atoms with Gasteiger partial charge in [-0.3, -0.25) is 14.5 Å². The number of hydrogen-bond donors (Lipinski definition) is 2. The quantitative estimate of drug-likeness (QED) is 0.749. The summed E-state index contributed by atoms with van der Waals surface area (Å²) in [4.78, 5) is 24.3. The standard InChI is InChI=1S/C22H28N2O3/c1-15-11-16(2)13-21(12-15)20-7-5-19(6-8-20)14-24(17(3)22(26)27)10-9-23-18(4)25/h5-8,11-13,17H,9-10,14H2,1-4H3,(H,23,25)(H,26,27). The number of carbonyl (C=O) groups is 2. The molecule has 0 radical (unpaired) electrons. The van der Waals surface area contributed by atoms with Gasteiger partial charge in [0, 0.05) is 26.6 Å². The average Bonchev–Trinajstić information content (AvgIpc) is 2.59. The van der Waals surface area contributed by atoms with Gasteiger partial charge < -0.3 is 10.4 Å². The lowest BCUT2D eigenvalue weighted by atomic mass is 9.99. The molecule has 144 valence electrons. The Morgan fingerprint density at radius 2 is 1.63 bits per heavy atom. The lowest BCUT2D eigenvalue weighted by Gasteiger charge is -2.26. The van der Waals surface area contributed by atoms with Gasteiger partial charge in [-0.05, 0) is 37.5 Å². The fourth-order valence-corrected chi connectivity index (χ4v) is 3.12. The van der Waals surface area contributed by atoms with Gasteiger partial charge in [0.25, 0.3) is 0 Å². The van der Waals surface area contributed by atoms with E-state index in [9.17, 15) is 14.7 Å². The van der Waals surface area contributed by atoms with Gasteiger partial charge in [0.2, 0.25) is 5.91 Å². The van der Waals surface area contributed by atoms with Gasteiger partial charge in [-0.1, -0.05) is 53.6 Å².